The molecule has 2 atom stereocenters. The summed E-state index contributed by atoms with van der Waals surface area (Å²) in [6.45, 7) is 3.75. The minimum Gasteiger partial charge on any atom is -0.481 e. The van der Waals surface area contributed by atoms with Crippen LogP contribution in [0.2, 0.25) is 0 Å². The summed E-state index contributed by atoms with van der Waals surface area (Å²) >= 11 is 0. The molecule has 2 aromatic rings. The van der Waals surface area contributed by atoms with Crippen LogP contribution >= 0.6 is 0 Å². The Hall–Kier alpha value is -2.89. The highest BCUT2D eigenvalue weighted by Crippen LogP contribution is 2.30. The summed E-state index contributed by atoms with van der Waals surface area (Å²) in [5, 5.41) is 31.4. The molecule has 0 spiro atoms. The fraction of sp³-hybridized carbons (Fsp3) is 0.409. The van der Waals surface area contributed by atoms with Crippen molar-refractivity contribution in [1.29, 1.82) is 0 Å². The SMILES string of the molecule is CC(C)c1nc(NCS(C)(=O)=O)nc(-c2ccc(F)cc2)c1C=C[C@H](O)C[C@@H](O)CC(=O)O. The van der Waals surface area contributed by atoms with E-state index in [1.54, 1.807) is 6.08 Å². The van der Waals surface area contributed by atoms with Gasteiger partial charge in [-0.15, -0.1) is 0 Å². The predicted octanol–water partition coefficient (Wildman–Crippen LogP) is 2.42. The highest BCUT2D eigenvalue weighted by molar-refractivity contribution is 7.90. The standard InChI is InChI=1S/C22H28FN3O6S/c1-13(2)20-18(9-8-16(27)10-17(28)11-19(29)30)21(14-4-6-15(23)7-5-14)26-22(25-20)24-12-33(3,31)32/h4-9,13,16-17,27-28H,10-12H2,1-3H3,(H,29,30)(H,24,25,26)/t16-,17+/m0/s1. The van der Waals surface area contributed by atoms with Crippen LogP contribution < -0.4 is 5.32 Å². The van der Waals surface area contributed by atoms with Gasteiger partial charge in [-0.1, -0.05) is 26.0 Å². The Bertz CT molecular complexity index is 1100. The number of anilines is 1. The van der Waals surface area contributed by atoms with Crippen molar-refractivity contribution in [3.8, 4) is 11.3 Å². The van der Waals surface area contributed by atoms with Crippen LogP contribution in [-0.2, 0) is 14.6 Å². The van der Waals surface area contributed by atoms with Gasteiger partial charge in [0.05, 0.1) is 30.0 Å². The summed E-state index contributed by atoms with van der Waals surface area (Å²) in [7, 11) is -3.34. The number of carboxylic acid groups (broad SMARTS) is 1. The summed E-state index contributed by atoms with van der Waals surface area (Å²) in [6, 6.07) is 5.57. The van der Waals surface area contributed by atoms with Crippen molar-refractivity contribution in [2.45, 2.75) is 44.8 Å². The number of benzene rings is 1. The van der Waals surface area contributed by atoms with Gasteiger partial charge in [-0.2, -0.15) is 0 Å². The van der Waals surface area contributed by atoms with Crippen LogP contribution in [0.4, 0.5) is 10.3 Å². The first kappa shape index (κ1) is 26.4. The molecule has 11 heteroatoms. The monoisotopic (exact) mass is 481 g/mol. The van der Waals surface area contributed by atoms with Crippen LogP contribution in [-0.4, -0.2) is 64.0 Å². The van der Waals surface area contributed by atoms with Gasteiger partial charge in [-0.05, 0) is 30.2 Å². The Labute approximate surface area is 192 Å². The lowest BCUT2D eigenvalue weighted by Gasteiger charge is -2.17. The van der Waals surface area contributed by atoms with E-state index in [1.807, 2.05) is 13.8 Å². The first-order chi connectivity index (χ1) is 15.4. The van der Waals surface area contributed by atoms with Gasteiger partial charge in [-0.25, -0.2) is 22.8 Å². The molecule has 2 rings (SSSR count). The second kappa shape index (κ2) is 11.3. The smallest absolute Gasteiger partial charge is 0.305 e. The van der Waals surface area contributed by atoms with Crippen LogP contribution in [0, 0.1) is 5.82 Å². The Morgan fingerprint density at radius 3 is 2.36 bits per heavy atom. The molecule has 33 heavy (non-hydrogen) atoms. The van der Waals surface area contributed by atoms with E-state index in [2.05, 4.69) is 15.3 Å². The van der Waals surface area contributed by atoms with E-state index in [0.29, 0.717) is 22.5 Å². The Balaban J connectivity index is 2.51. The number of aliphatic hydroxyl groups is 2. The maximum absolute atomic E-state index is 13.5. The van der Waals surface area contributed by atoms with E-state index < -0.39 is 40.3 Å². The van der Waals surface area contributed by atoms with Crippen LogP contribution in [0.1, 0.15) is 43.9 Å². The second-order valence-corrected chi connectivity index (χ2v) is 10.2. The fourth-order valence-electron chi connectivity index (χ4n) is 3.04. The maximum Gasteiger partial charge on any atom is 0.305 e. The van der Waals surface area contributed by atoms with Crippen LogP contribution in [0.15, 0.2) is 30.3 Å². The molecule has 1 aromatic heterocycles. The maximum atomic E-state index is 13.5. The van der Waals surface area contributed by atoms with Crippen LogP contribution in [0.25, 0.3) is 17.3 Å². The van der Waals surface area contributed by atoms with E-state index in [1.165, 1.54) is 30.3 Å². The number of sulfone groups is 1. The van der Waals surface area contributed by atoms with Gasteiger partial charge in [0, 0.05) is 23.8 Å². The minimum absolute atomic E-state index is 0.0815. The largest absolute Gasteiger partial charge is 0.481 e. The topological polar surface area (TPSA) is 150 Å². The van der Waals surface area contributed by atoms with Gasteiger partial charge in [0.2, 0.25) is 5.95 Å². The zero-order valence-corrected chi connectivity index (χ0v) is 19.4. The van der Waals surface area contributed by atoms with E-state index in [4.69, 9.17) is 5.11 Å². The molecule has 0 fully saturated rings. The summed E-state index contributed by atoms with van der Waals surface area (Å²) in [5.74, 6) is -2.03. The number of rotatable bonds is 11. The van der Waals surface area contributed by atoms with Crippen molar-refractivity contribution in [2.24, 2.45) is 0 Å². The average Bonchev–Trinajstić information content (AvgIpc) is 2.69. The third-order valence-electron chi connectivity index (χ3n) is 4.54. The number of aliphatic carboxylic acids is 1. The number of nitrogens with zero attached hydrogens (tertiary/aromatic N) is 2. The fourth-order valence-corrected chi connectivity index (χ4v) is 3.43. The van der Waals surface area contributed by atoms with Crippen LogP contribution in [0.3, 0.4) is 0 Å². The molecule has 0 aliphatic carbocycles. The van der Waals surface area contributed by atoms with E-state index in [0.717, 1.165) is 6.26 Å². The van der Waals surface area contributed by atoms with E-state index in [-0.39, 0.29) is 24.2 Å². The Morgan fingerprint density at radius 2 is 1.82 bits per heavy atom. The highest BCUT2D eigenvalue weighted by Gasteiger charge is 2.19. The van der Waals surface area contributed by atoms with Crippen LogP contribution in [0.5, 0.6) is 0 Å². The lowest BCUT2D eigenvalue weighted by molar-refractivity contribution is -0.139. The van der Waals surface area contributed by atoms with Gasteiger partial charge in [0.15, 0.2) is 9.84 Å². The number of carboxylic acids is 1. The first-order valence-electron chi connectivity index (χ1n) is 10.2. The summed E-state index contributed by atoms with van der Waals surface area (Å²) in [4.78, 5) is 19.6. The zero-order chi connectivity index (χ0) is 24.8. The van der Waals surface area contributed by atoms with E-state index in [9.17, 15) is 27.8 Å². The number of aromatic nitrogens is 2. The second-order valence-electron chi connectivity index (χ2n) is 8.02. The predicted molar refractivity (Wildman–Crippen MR) is 123 cm³/mol. The third-order valence-corrected chi connectivity index (χ3v) is 5.21. The molecule has 0 radical (unpaired) electrons. The van der Waals surface area contributed by atoms with Crippen molar-refractivity contribution in [1.82, 2.24) is 9.97 Å². The van der Waals surface area contributed by atoms with Gasteiger partial charge in [-0.3, -0.25) is 4.79 Å². The molecule has 0 amide bonds. The molecule has 0 bridgehead atoms. The minimum atomic E-state index is -3.34. The van der Waals surface area contributed by atoms with Crippen molar-refractivity contribution in [2.75, 3.05) is 17.4 Å². The normalized spacial score (nSPS) is 13.9. The molecule has 4 N–H and O–H groups in total. The number of aliphatic hydroxyl groups excluding tert-OH is 2. The Morgan fingerprint density at radius 1 is 1.18 bits per heavy atom. The lowest BCUT2D eigenvalue weighted by Crippen LogP contribution is -2.19. The molecule has 1 aromatic carbocycles. The van der Waals surface area contributed by atoms with E-state index >= 15 is 0 Å². The molecule has 0 aliphatic heterocycles. The Kier molecular flexibility index (Phi) is 9.03. The summed E-state index contributed by atoms with van der Waals surface area (Å²) < 4.78 is 36.6. The molecular formula is C22H28FN3O6S. The molecule has 0 unspecified atom stereocenters. The average molecular weight is 482 g/mol. The molecule has 0 saturated heterocycles. The first-order valence-corrected chi connectivity index (χ1v) is 12.3. The number of hydrogen-bond acceptors (Lipinski definition) is 8. The number of halogens is 1. The van der Waals surface area contributed by atoms with Crippen molar-refractivity contribution < 1.29 is 32.9 Å². The zero-order valence-electron chi connectivity index (χ0n) is 18.6. The van der Waals surface area contributed by atoms with Gasteiger partial charge >= 0.3 is 5.97 Å². The molecule has 180 valence electrons. The number of carbonyl (C=O) groups is 1. The lowest BCUT2D eigenvalue weighted by atomic mass is 9.97. The number of hydrogen-bond donors (Lipinski definition) is 4. The van der Waals surface area contributed by atoms with Crippen molar-refractivity contribution >= 4 is 27.8 Å². The van der Waals surface area contributed by atoms with Gasteiger partial charge in [0.1, 0.15) is 11.7 Å². The summed E-state index contributed by atoms with van der Waals surface area (Å²) in [6.07, 6.45) is 0.999. The van der Waals surface area contributed by atoms with Crippen molar-refractivity contribution in [3.05, 3.63) is 47.4 Å². The third kappa shape index (κ3) is 8.52. The van der Waals surface area contributed by atoms with Crippen molar-refractivity contribution in [3.63, 3.8) is 0 Å². The van der Waals surface area contributed by atoms with Gasteiger partial charge < -0.3 is 20.6 Å². The molecular weight excluding hydrogens is 453 g/mol. The van der Waals surface area contributed by atoms with Gasteiger partial charge in [0.25, 0.3) is 0 Å². The molecule has 0 saturated carbocycles. The molecule has 1 heterocycles. The summed E-state index contributed by atoms with van der Waals surface area (Å²) in [5.41, 5.74) is 2.01. The molecule has 0 aliphatic rings. The number of nitrogens with one attached hydrogen (secondary N) is 1. The quantitative estimate of drug-likeness (QED) is 0.379. The highest BCUT2D eigenvalue weighted by atomic mass is 32.2. The molecule has 9 nitrogen and oxygen atoms in total.